The average Bonchev–Trinajstić information content (AvgIpc) is 2.72. The molecule has 8 nitrogen and oxygen atoms in total. The van der Waals surface area contributed by atoms with Crippen LogP contribution in [0.3, 0.4) is 0 Å². The first-order chi connectivity index (χ1) is 15.5. The van der Waals surface area contributed by atoms with Crippen LogP contribution in [0.1, 0.15) is 71.4 Å². The number of carbonyl (C=O) groups excluding carboxylic acids is 3. The zero-order valence-corrected chi connectivity index (χ0v) is 20.4. The van der Waals surface area contributed by atoms with Crippen LogP contribution in [0.15, 0.2) is 30.3 Å². The third kappa shape index (κ3) is 13.3. The van der Waals surface area contributed by atoms with E-state index < -0.39 is 23.6 Å². The van der Waals surface area contributed by atoms with E-state index >= 15 is 0 Å². The first-order valence-corrected chi connectivity index (χ1v) is 11.3. The normalized spacial score (nSPS) is 13.4. The fourth-order valence-corrected chi connectivity index (χ4v) is 2.90. The second-order valence-corrected chi connectivity index (χ2v) is 8.76. The molecule has 3 N–H and O–H groups in total. The van der Waals surface area contributed by atoms with Crippen molar-refractivity contribution >= 4 is 24.0 Å². The lowest BCUT2D eigenvalue weighted by Crippen LogP contribution is -2.45. The van der Waals surface area contributed by atoms with E-state index in [0.29, 0.717) is 32.5 Å². The van der Waals surface area contributed by atoms with Gasteiger partial charge < -0.3 is 25.3 Å². The predicted octanol–water partition coefficient (Wildman–Crippen LogP) is 4.11. The lowest BCUT2D eigenvalue weighted by molar-refractivity contribution is -0.143. The molecule has 0 radical (unpaired) electrons. The highest BCUT2D eigenvalue weighted by atomic mass is 16.6. The molecule has 0 aliphatic rings. The summed E-state index contributed by atoms with van der Waals surface area (Å²) in [6, 6.07) is 7.42. The molecule has 0 aliphatic heterocycles. The molecule has 2 amide bonds. The predicted molar refractivity (Wildman–Crippen MR) is 127 cm³/mol. The quantitative estimate of drug-likeness (QED) is 0.426. The van der Waals surface area contributed by atoms with Crippen molar-refractivity contribution in [1.82, 2.24) is 5.32 Å². The highest BCUT2D eigenvalue weighted by molar-refractivity contribution is 5.74. The molecule has 1 aromatic rings. The van der Waals surface area contributed by atoms with Crippen LogP contribution in [0.4, 0.5) is 4.79 Å². The summed E-state index contributed by atoms with van der Waals surface area (Å²) < 4.78 is 16.2. The molecule has 0 unspecified atom stereocenters. The minimum absolute atomic E-state index is 0.130. The van der Waals surface area contributed by atoms with Crippen molar-refractivity contribution in [3.63, 3.8) is 0 Å². The largest absolute Gasteiger partial charge is 0.466 e. The molecule has 33 heavy (non-hydrogen) atoms. The molecule has 1 rings (SSSR count). The van der Waals surface area contributed by atoms with Gasteiger partial charge in [-0.15, -0.1) is 0 Å². The summed E-state index contributed by atoms with van der Waals surface area (Å²) in [6.07, 6.45) is 4.44. The Balaban J connectivity index is 2.59. The first kappa shape index (κ1) is 28.2. The van der Waals surface area contributed by atoms with E-state index in [1.54, 1.807) is 27.7 Å². The molecule has 0 saturated heterocycles. The van der Waals surface area contributed by atoms with Gasteiger partial charge in [-0.2, -0.15) is 0 Å². The average molecular weight is 463 g/mol. The van der Waals surface area contributed by atoms with Gasteiger partial charge in [-0.1, -0.05) is 36.4 Å². The number of benzene rings is 1. The Hall–Kier alpha value is -2.87. The molecular formula is C25H38N2O6. The lowest BCUT2D eigenvalue weighted by Gasteiger charge is -2.27. The molecule has 0 bridgehead atoms. The van der Waals surface area contributed by atoms with E-state index in [1.807, 2.05) is 43.3 Å². The highest BCUT2D eigenvalue weighted by Crippen LogP contribution is 2.14. The van der Waals surface area contributed by atoms with Crippen LogP contribution >= 0.6 is 0 Å². The molecule has 2 atom stereocenters. The number of esters is 1. The number of nitrogens with two attached hydrogens (primary N) is 1. The van der Waals surface area contributed by atoms with Crippen molar-refractivity contribution < 1.29 is 28.6 Å². The number of alkyl carbamates (subject to hydrolysis) is 1. The van der Waals surface area contributed by atoms with E-state index in [1.165, 1.54) is 0 Å². The van der Waals surface area contributed by atoms with Crippen LogP contribution in [0.2, 0.25) is 0 Å². The maximum Gasteiger partial charge on any atom is 0.407 e. The molecule has 0 aliphatic carbocycles. The summed E-state index contributed by atoms with van der Waals surface area (Å²) in [7, 11) is 0. The van der Waals surface area contributed by atoms with Gasteiger partial charge in [0.05, 0.1) is 25.4 Å². The van der Waals surface area contributed by atoms with Gasteiger partial charge in [-0.05, 0) is 58.6 Å². The van der Waals surface area contributed by atoms with E-state index in [0.717, 1.165) is 11.1 Å². The molecule has 8 heteroatoms. The Morgan fingerprint density at radius 1 is 1.12 bits per heavy atom. The number of amides is 2. The summed E-state index contributed by atoms with van der Waals surface area (Å²) >= 11 is 0. The van der Waals surface area contributed by atoms with E-state index in [4.69, 9.17) is 19.9 Å². The van der Waals surface area contributed by atoms with Crippen LogP contribution < -0.4 is 11.1 Å². The van der Waals surface area contributed by atoms with Gasteiger partial charge in [-0.3, -0.25) is 9.59 Å². The van der Waals surface area contributed by atoms with Gasteiger partial charge in [-0.25, -0.2) is 4.79 Å². The van der Waals surface area contributed by atoms with Gasteiger partial charge in [0.1, 0.15) is 5.60 Å². The molecule has 184 valence electrons. The van der Waals surface area contributed by atoms with Crippen molar-refractivity contribution in [3.05, 3.63) is 41.5 Å². The zero-order valence-electron chi connectivity index (χ0n) is 20.4. The molecule has 0 fully saturated rings. The van der Waals surface area contributed by atoms with Crippen molar-refractivity contribution in [1.29, 1.82) is 0 Å². The van der Waals surface area contributed by atoms with Gasteiger partial charge in [0.2, 0.25) is 5.91 Å². The fraction of sp³-hybridized carbons (Fsp3) is 0.560. The number of rotatable bonds is 13. The monoisotopic (exact) mass is 462 g/mol. The van der Waals surface area contributed by atoms with Crippen molar-refractivity contribution in [2.45, 2.75) is 84.7 Å². The summed E-state index contributed by atoms with van der Waals surface area (Å²) in [5, 5.41) is 2.78. The van der Waals surface area contributed by atoms with Gasteiger partial charge in [0.25, 0.3) is 0 Å². The SMILES string of the molecule is CCOC(=O)CC/C=C/c1ccc(CO[C@H](C)[C@H](CCC(N)=O)NC(=O)OC(C)(C)C)cc1. The number of hydrogen-bond acceptors (Lipinski definition) is 6. The summed E-state index contributed by atoms with van der Waals surface area (Å²) in [4.78, 5) is 34.7. The van der Waals surface area contributed by atoms with Crippen LogP contribution in [0, 0.1) is 0 Å². The summed E-state index contributed by atoms with van der Waals surface area (Å²) in [5.74, 6) is -0.636. The number of allylic oxidation sites excluding steroid dienone is 1. The number of nitrogens with one attached hydrogen (secondary N) is 1. The summed E-state index contributed by atoms with van der Waals surface area (Å²) in [5.41, 5.74) is 6.63. The van der Waals surface area contributed by atoms with Crippen LogP contribution in [-0.2, 0) is 30.4 Å². The molecule has 0 spiro atoms. The number of hydrogen-bond donors (Lipinski definition) is 2. The standard InChI is InChI=1S/C25H38N2O6/c1-6-31-23(29)10-8-7-9-19-11-13-20(14-12-19)17-32-18(2)21(15-16-22(26)28)27-24(30)33-25(3,4)5/h7,9,11-14,18,21H,6,8,10,15-17H2,1-5H3,(H2,26,28)(H,27,30)/b9-7+/t18-,21+/m1/s1. The second-order valence-electron chi connectivity index (χ2n) is 8.76. The number of carbonyl (C=O) groups is 3. The van der Waals surface area contributed by atoms with Gasteiger partial charge in [0, 0.05) is 12.8 Å². The minimum Gasteiger partial charge on any atom is -0.466 e. The highest BCUT2D eigenvalue weighted by Gasteiger charge is 2.24. The van der Waals surface area contributed by atoms with Crippen LogP contribution in [0.5, 0.6) is 0 Å². The smallest absolute Gasteiger partial charge is 0.407 e. The maximum absolute atomic E-state index is 12.2. The zero-order chi connectivity index (χ0) is 24.9. The Bertz CT molecular complexity index is 783. The molecule has 0 aromatic heterocycles. The Kier molecular flexibility index (Phi) is 12.2. The van der Waals surface area contributed by atoms with Crippen LogP contribution in [-0.4, -0.2) is 42.3 Å². The van der Waals surface area contributed by atoms with E-state index in [9.17, 15) is 14.4 Å². The van der Waals surface area contributed by atoms with Gasteiger partial charge >= 0.3 is 12.1 Å². The molecule has 1 aromatic carbocycles. The van der Waals surface area contributed by atoms with E-state index in [2.05, 4.69) is 5.32 Å². The molecule has 0 saturated carbocycles. The van der Waals surface area contributed by atoms with Crippen molar-refractivity contribution in [2.75, 3.05) is 6.61 Å². The second kappa shape index (κ2) is 14.3. The third-order valence-corrected chi connectivity index (χ3v) is 4.59. The fourth-order valence-electron chi connectivity index (χ4n) is 2.90. The Morgan fingerprint density at radius 2 is 1.79 bits per heavy atom. The maximum atomic E-state index is 12.2. The number of ether oxygens (including phenoxy) is 3. The first-order valence-electron chi connectivity index (χ1n) is 11.3. The minimum atomic E-state index is -0.628. The lowest BCUT2D eigenvalue weighted by atomic mass is 10.1. The van der Waals surface area contributed by atoms with Gasteiger partial charge in [0.15, 0.2) is 0 Å². The number of primary amides is 1. The Labute approximate surface area is 196 Å². The van der Waals surface area contributed by atoms with Crippen LogP contribution in [0.25, 0.3) is 6.08 Å². The Morgan fingerprint density at radius 3 is 2.36 bits per heavy atom. The topological polar surface area (TPSA) is 117 Å². The molecule has 0 heterocycles. The third-order valence-electron chi connectivity index (χ3n) is 4.59. The van der Waals surface area contributed by atoms with E-state index in [-0.39, 0.29) is 18.5 Å². The molecular weight excluding hydrogens is 424 g/mol. The van der Waals surface area contributed by atoms with Crippen molar-refractivity contribution in [2.24, 2.45) is 5.73 Å². The summed E-state index contributed by atoms with van der Waals surface area (Å²) in [6.45, 7) is 9.71. The van der Waals surface area contributed by atoms with Crippen molar-refractivity contribution in [3.8, 4) is 0 Å².